The van der Waals surface area contributed by atoms with E-state index in [9.17, 15) is 4.79 Å². The van der Waals surface area contributed by atoms with Gasteiger partial charge in [0.1, 0.15) is 0 Å². The lowest BCUT2D eigenvalue weighted by atomic mass is 9.99. The summed E-state index contributed by atoms with van der Waals surface area (Å²) >= 11 is 0. The van der Waals surface area contributed by atoms with E-state index in [-0.39, 0.29) is 5.91 Å². The number of nitrogens with one attached hydrogen (secondary N) is 1. The molecular weight excluding hydrogens is 268 g/mol. The predicted octanol–water partition coefficient (Wildman–Crippen LogP) is 1.67. The van der Waals surface area contributed by atoms with Crippen molar-refractivity contribution in [3.05, 3.63) is 0 Å². The fourth-order valence-corrected chi connectivity index (χ4v) is 2.38. The van der Waals surface area contributed by atoms with Gasteiger partial charge in [0.05, 0.1) is 13.2 Å². The molecule has 0 aliphatic carbocycles. The van der Waals surface area contributed by atoms with E-state index >= 15 is 0 Å². The summed E-state index contributed by atoms with van der Waals surface area (Å²) in [6.45, 7) is 8.72. The summed E-state index contributed by atoms with van der Waals surface area (Å²) in [6.07, 6.45) is 5.12. The first-order valence-corrected chi connectivity index (χ1v) is 8.30. The van der Waals surface area contributed by atoms with Gasteiger partial charge in [-0.05, 0) is 44.7 Å². The van der Waals surface area contributed by atoms with Gasteiger partial charge < -0.3 is 19.7 Å². The Bertz CT molecular complexity index is 266. The molecule has 1 rings (SSSR count). The van der Waals surface area contributed by atoms with E-state index in [1.165, 1.54) is 25.9 Å². The molecule has 0 aromatic heterocycles. The lowest BCUT2D eigenvalue weighted by Gasteiger charge is -2.29. The van der Waals surface area contributed by atoms with Crippen LogP contribution in [0.4, 0.5) is 0 Å². The van der Waals surface area contributed by atoms with Crippen LogP contribution < -0.4 is 5.32 Å². The highest BCUT2D eigenvalue weighted by Crippen LogP contribution is 2.15. The Balaban J connectivity index is 1.77. The number of carbonyl (C=O) groups excluding carboxylic acids is 1. The topological polar surface area (TPSA) is 50.8 Å². The minimum absolute atomic E-state index is 0.0328. The molecule has 0 spiro atoms. The Morgan fingerprint density at radius 2 is 1.71 bits per heavy atom. The minimum Gasteiger partial charge on any atom is -0.381 e. The third kappa shape index (κ3) is 9.82. The van der Waals surface area contributed by atoms with Crippen molar-refractivity contribution in [2.24, 2.45) is 5.92 Å². The molecule has 1 aliphatic rings. The third-order valence-corrected chi connectivity index (χ3v) is 4.01. The summed E-state index contributed by atoms with van der Waals surface area (Å²) < 4.78 is 11.1. The van der Waals surface area contributed by atoms with E-state index in [0.29, 0.717) is 19.6 Å². The van der Waals surface area contributed by atoms with Gasteiger partial charge in [0.15, 0.2) is 0 Å². The van der Waals surface area contributed by atoms with E-state index in [0.717, 1.165) is 38.5 Å². The molecule has 1 fully saturated rings. The summed E-state index contributed by atoms with van der Waals surface area (Å²) in [6, 6.07) is 0. The molecule has 0 atom stereocenters. The molecule has 0 bridgehead atoms. The summed E-state index contributed by atoms with van der Waals surface area (Å²) in [5.74, 6) is 0.927. The highest BCUT2D eigenvalue weighted by molar-refractivity contribution is 5.75. The second kappa shape index (κ2) is 12.0. The highest BCUT2D eigenvalue weighted by Gasteiger charge is 2.14. The SMILES string of the molecule is CNC(=O)CCOCCCCOCCN1CCC(C)CC1. The fourth-order valence-electron chi connectivity index (χ4n) is 2.38. The maximum atomic E-state index is 11.0. The summed E-state index contributed by atoms with van der Waals surface area (Å²) in [7, 11) is 1.64. The number of nitrogens with zero attached hydrogens (tertiary/aromatic N) is 1. The molecule has 124 valence electrons. The quantitative estimate of drug-likeness (QED) is 0.590. The van der Waals surface area contributed by atoms with Crippen molar-refractivity contribution < 1.29 is 14.3 Å². The molecule has 0 radical (unpaired) electrons. The monoisotopic (exact) mass is 300 g/mol. The van der Waals surface area contributed by atoms with Crippen LogP contribution in [-0.2, 0) is 14.3 Å². The average Bonchev–Trinajstić information content (AvgIpc) is 2.50. The van der Waals surface area contributed by atoms with Crippen LogP contribution in [0.2, 0.25) is 0 Å². The van der Waals surface area contributed by atoms with Crippen LogP contribution >= 0.6 is 0 Å². The molecule has 1 N–H and O–H groups in total. The molecule has 0 unspecified atom stereocenters. The van der Waals surface area contributed by atoms with Gasteiger partial charge in [-0.2, -0.15) is 0 Å². The van der Waals surface area contributed by atoms with Crippen LogP contribution in [0.1, 0.15) is 39.0 Å². The smallest absolute Gasteiger partial charge is 0.222 e. The minimum atomic E-state index is 0.0328. The number of unbranched alkanes of at least 4 members (excludes halogenated alkanes) is 1. The van der Waals surface area contributed by atoms with E-state index in [1.807, 2.05) is 0 Å². The number of hydrogen-bond acceptors (Lipinski definition) is 4. The molecular formula is C16H32N2O3. The zero-order valence-corrected chi connectivity index (χ0v) is 13.7. The highest BCUT2D eigenvalue weighted by atomic mass is 16.5. The third-order valence-electron chi connectivity index (χ3n) is 4.01. The Morgan fingerprint density at radius 1 is 1.10 bits per heavy atom. The van der Waals surface area contributed by atoms with Gasteiger partial charge in [0, 0.05) is 33.2 Å². The molecule has 1 aliphatic heterocycles. The number of carbonyl (C=O) groups is 1. The van der Waals surface area contributed by atoms with E-state index in [4.69, 9.17) is 9.47 Å². The largest absolute Gasteiger partial charge is 0.381 e. The number of ether oxygens (including phenoxy) is 2. The molecule has 1 saturated heterocycles. The van der Waals surface area contributed by atoms with Crippen molar-refractivity contribution in [2.45, 2.75) is 39.0 Å². The number of amides is 1. The molecule has 5 nitrogen and oxygen atoms in total. The van der Waals surface area contributed by atoms with Crippen molar-refractivity contribution >= 4 is 5.91 Å². The Labute approximate surface area is 129 Å². The van der Waals surface area contributed by atoms with Crippen molar-refractivity contribution in [1.29, 1.82) is 0 Å². The van der Waals surface area contributed by atoms with E-state index in [2.05, 4.69) is 17.1 Å². The van der Waals surface area contributed by atoms with E-state index in [1.54, 1.807) is 7.05 Å². The Kier molecular flexibility index (Phi) is 10.5. The summed E-state index contributed by atoms with van der Waals surface area (Å²) in [4.78, 5) is 13.5. The standard InChI is InChI=1S/C16H32N2O3/c1-15-5-8-18(9-6-15)10-14-21-12-4-3-11-20-13-7-16(19)17-2/h15H,3-14H2,1-2H3,(H,17,19). The molecule has 5 heteroatoms. The normalized spacial score (nSPS) is 17.0. The second-order valence-corrected chi connectivity index (χ2v) is 5.88. The number of hydrogen-bond donors (Lipinski definition) is 1. The summed E-state index contributed by atoms with van der Waals surface area (Å²) in [5, 5.41) is 2.58. The van der Waals surface area contributed by atoms with Crippen LogP contribution in [0.3, 0.4) is 0 Å². The maximum Gasteiger partial charge on any atom is 0.222 e. The van der Waals surface area contributed by atoms with Crippen LogP contribution in [0, 0.1) is 5.92 Å². The van der Waals surface area contributed by atoms with E-state index < -0.39 is 0 Å². The number of likely N-dealkylation sites (tertiary alicyclic amines) is 1. The van der Waals surface area contributed by atoms with Crippen molar-refractivity contribution in [3.63, 3.8) is 0 Å². The number of rotatable bonds is 11. The molecule has 0 saturated carbocycles. The lowest BCUT2D eigenvalue weighted by Crippen LogP contribution is -2.35. The van der Waals surface area contributed by atoms with Crippen molar-refractivity contribution in [1.82, 2.24) is 10.2 Å². The number of piperidine rings is 1. The molecule has 1 heterocycles. The van der Waals surface area contributed by atoms with Gasteiger partial charge in [0.2, 0.25) is 5.91 Å². The van der Waals surface area contributed by atoms with Crippen molar-refractivity contribution in [2.75, 3.05) is 53.1 Å². The average molecular weight is 300 g/mol. The Hall–Kier alpha value is -0.650. The molecule has 21 heavy (non-hydrogen) atoms. The first-order chi connectivity index (χ1) is 10.2. The first-order valence-electron chi connectivity index (χ1n) is 8.30. The summed E-state index contributed by atoms with van der Waals surface area (Å²) in [5.41, 5.74) is 0. The van der Waals surface area contributed by atoms with Gasteiger partial charge in [-0.1, -0.05) is 6.92 Å². The molecule has 0 aromatic carbocycles. The van der Waals surface area contributed by atoms with Crippen LogP contribution in [0.25, 0.3) is 0 Å². The maximum absolute atomic E-state index is 11.0. The van der Waals surface area contributed by atoms with Crippen LogP contribution in [0.5, 0.6) is 0 Å². The second-order valence-electron chi connectivity index (χ2n) is 5.88. The lowest BCUT2D eigenvalue weighted by molar-refractivity contribution is -0.121. The zero-order chi connectivity index (χ0) is 15.3. The van der Waals surface area contributed by atoms with Crippen LogP contribution in [-0.4, -0.2) is 63.9 Å². The van der Waals surface area contributed by atoms with Crippen LogP contribution in [0.15, 0.2) is 0 Å². The van der Waals surface area contributed by atoms with Gasteiger partial charge in [-0.3, -0.25) is 4.79 Å². The van der Waals surface area contributed by atoms with Gasteiger partial charge >= 0.3 is 0 Å². The molecule has 1 amide bonds. The first kappa shape index (κ1) is 18.4. The molecule has 0 aromatic rings. The predicted molar refractivity (Wildman–Crippen MR) is 84.4 cm³/mol. The van der Waals surface area contributed by atoms with Crippen molar-refractivity contribution in [3.8, 4) is 0 Å². The van der Waals surface area contributed by atoms with Gasteiger partial charge in [-0.15, -0.1) is 0 Å². The van der Waals surface area contributed by atoms with Gasteiger partial charge in [0.25, 0.3) is 0 Å². The fraction of sp³-hybridized carbons (Fsp3) is 0.938. The Morgan fingerprint density at radius 3 is 2.33 bits per heavy atom. The zero-order valence-electron chi connectivity index (χ0n) is 13.7. The van der Waals surface area contributed by atoms with Gasteiger partial charge in [-0.25, -0.2) is 0 Å².